The van der Waals surface area contributed by atoms with Gasteiger partial charge in [0, 0.05) is 20.1 Å². The summed E-state index contributed by atoms with van der Waals surface area (Å²) in [7, 11) is 3.16. The second kappa shape index (κ2) is 14.7. The molecule has 0 heterocycles. The third-order valence-electron chi connectivity index (χ3n) is 4.23. The van der Waals surface area contributed by atoms with Crippen LogP contribution in [0.25, 0.3) is 0 Å². The van der Waals surface area contributed by atoms with E-state index in [1.807, 2.05) is 0 Å². The maximum atomic E-state index is 12.2. The Bertz CT molecular complexity index is 376. The Morgan fingerprint density at radius 2 is 1.73 bits per heavy atom. The quantitative estimate of drug-likeness (QED) is 0.170. The van der Waals surface area contributed by atoms with Gasteiger partial charge in [0.05, 0.1) is 19.3 Å². The van der Waals surface area contributed by atoms with Gasteiger partial charge in [-0.2, -0.15) is 13.2 Å². The van der Waals surface area contributed by atoms with E-state index in [4.69, 9.17) is 4.74 Å². The van der Waals surface area contributed by atoms with E-state index in [2.05, 4.69) is 15.6 Å². The smallest absolute Gasteiger partial charge is 0.376 e. The maximum Gasteiger partial charge on any atom is 0.401 e. The van der Waals surface area contributed by atoms with Crippen LogP contribution in [0.4, 0.5) is 13.2 Å². The highest BCUT2D eigenvalue weighted by atomic mass is 127. The van der Waals surface area contributed by atoms with E-state index in [0.717, 1.165) is 12.8 Å². The predicted octanol–water partition coefficient (Wildman–Crippen LogP) is 3.39. The average molecular weight is 494 g/mol. The number of rotatable bonds is 9. The third kappa shape index (κ3) is 13.9. The Hall–Kier alpha value is -0.290. The van der Waals surface area contributed by atoms with Crippen LogP contribution in [0, 0.1) is 0 Å². The molecule has 2 N–H and O–H groups in total. The summed E-state index contributed by atoms with van der Waals surface area (Å²) in [6.45, 7) is 1.39. The van der Waals surface area contributed by atoms with Gasteiger partial charge in [-0.05, 0) is 32.9 Å². The molecule has 156 valence electrons. The Kier molecular flexibility index (Phi) is 14.6. The molecule has 0 radical (unpaired) electrons. The van der Waals surface area contributed by atoms with Crippen LogP contribution in [0.5, 0.6) is 0 Å². The fourth-order valence-corrected chi connectivity index (χ4v) is 2.97. The summed E-state index contributed by atoms with van der Waals surface area (Å²) in [6, 6.07) is 0. The van der Waals surface area contributed by atoms with Crippen LogP contribution in [0.1, 0.15) is 44.9 Å². The van der Waals surface area contributed by atoms with Crippen molar-refractivity contribution in [3.8, 4) is 0 Å². The molecule has 0 aromatic carbocycles. The lowest BCUT2D eigenvalue weighted by Crippen LogP contribution is -2.40. The van der Waals surface area contributed by atoms with Gasteiger partial charge in [-0.25, -0.2) is 0 Å². The van der Waals surface area contributed by atoms with E-state index in [1.54, 1.807) is 7.05 Å². The zero-order valence-corrected chi connectivity index (χ0v) is 18.2. The molecule has 0 amide bonds. The molecule has 0 aliphatic heterocycles. The number of hydrogen-bond donors (Lipinski definition) is 2. The van der Waals surface area contributed by atoms with E-state index in [9.17, 15) is 13.2 Å². The normalized spacial score (nSPS) is 16.9. The highest BCUT2D eigenvalue weighted by Gasteiger charge is 2.28. The van der Waals surface area contributed by atoms with Crippen molar-refractivity contribution < 1.29 is 17.9 Å². The van der Waals surface area contributed by atoms with Gasteiger partial charge >= 0.3 is 6.18 Å². The molecule has 0 aromatic rings. The third-order valence-corrected chi connectivity index (χ3v) is 4.23. The van der Waals surface area contributed by atoms with E-state index in [0.29, 0.717) is 44.7 Å². The average Bonchev–Trinajstić information content (AvgIpc) is 2.80. The molecule has 0 atom stereocenters. The lowest BCUT2D eigenvalue weighted by atomic mass is 10.1. The van der Waals surface area contributed by atoms with Crippen molar-refractivity contribution in [2.45, 2.75) is 57.2 Å². The molecule has 0 unspecified atom stereocenters. The number of ether oxygens (including phenoxy) is 1. The molecule has 26 heavy (non-hydrogen) atoms. The van der Waals surface area contributed by atoms with Crippen LogP contribution in [0.2, 0.25) is 0 Å². The molecule has 9 heteroatoms. The van der Waals surface area contributed by atoms with Gasteiger partial charge in [-0.15, -0.1) is 24.0 Å². The zero-order valence-electron chi connectivity index (χ0n) is 15.9. The van der Waals surface area contributed by atoms with Gasteiger partial charge < -0.3 is 15.4 Å². The minimum atomic E-state index is -4.14. The summed E-state index contributed by atoms with van der Waals surface area (Å²) in [5.41, 5.74) is 0. The monoisotopic (exact) mass is 494 g/mol. The molecule has 0 spiro atoms. The second-order valence-corrected chi connectivity index (χ2v) is 6.62. The first-order valence-electron chi connectivity index (χ1n) is 9.22. The van der Waals surface area contributed by atoms with Crippen molar-refractivity contribution in [1.82, 2.24) is 15.5 Å². The molecule has 1 saturated carbocycles. The first-order valence-corrected chi connectivity index (χ1v) is 9.22. The van der Waals surface area contributed by atoms with Gasteiger partial charge in [-0.3, -0.25) is 9.89 Å². The minimum absolute atomic E-state index is 0. The van der Waals surface area contributed by atoms with Crippen molar-refractivity contribution in [2.75, 3.05) is 46.9 Å². The number of aliphatic imine (C=N–C) groups is 1. The summed E-state index contributed by atoms with van der Waals surface area (Å²) in [5.74, 6) is 0.656. The zero-order chi connectivity index (χ0) is 18.5. The summed E-state index contributed by atoms with van der Waals surface area (Å²) >= 11 is 0. The Morgan fingerprint density at radius 3 is 2.31 bits per heavy atom. The number of hydrogen-bond acceptors (Lipinski definition) is 3. The van der Waals surface area contributed by atoms with Crippen LogP contribution in [-0.2, 0) is 4.74 Å². The van der Waals surface area contributed by atoms with Gasteiger partial charge in [0.25, 0.3) is 0 Å². The molecule has 1 aliphatic carbocycles. The van der Waals surface area contributed by atoms with E-state index in [-0.39, 0.29) is 24.0 Å². The van der Waals surface area contributed by atoms with Crippen molar-refractivity contribution in [1.29, 1.82) is 0 Å². The SMILES string of the molecule is CN=C(NCCCN(C)CC(F)(F)F)NCCOC1CCCCCC1.I. The molecule has 0 saturated heterocycles. The number of nitrogens with zero attached hydrogens (tertiary/aromatic N) is 2. The van der Waals surface area contributed by atoms with Crippen molar-refractivity contribution in [3.05, 3.63) is 0 Å². The van der Waals surface area contributed by atoms with E-state index >= 15 is 0 Å². The number of guanidine groups is 1. The van der Waals surface area contributed by atoms with Crippen LogP contribution in [0.3, 0.4) is 0 Å². The maximum absolute atomic E-state index is 12.2. The molecule has 1 aliphatic rings. The van der Waals surface area contributed by atoms with Gasteiger partial charge in [0.1, 0.15) is 0 Å². The number of halogens is 4. The summed E-state index contributed by atoms with van der Waals surface area (Å²) < 4.78 is 42.6. The van der Waals surface area contributed by atoms with E-state index in [1.165, 1.54) is 37.6 Å². The van der Waals surface area contributed by atoms with Crippen molar-refractivity contribution in [3.63, 3.8) is 0 Å². The van der Waals surface area contributed by atoms with Crippen molar-refractivity contribution in [2.24, 2.45) is 4.99 Å². The molecule has 0 aromatic heterocycles. The second-order valence-electron chi connectivity index (χ2n) is 6.62. The topological polar surface area (TPSA) is 48.9 Å². The Balaban J connectivity index is 0.00000625. The van der Waals surface area contributed by atoms with Crippen LogP contribution in [0.15, 0.2) is 4.99 Å². The predicted molar refractivity (Wildman–Crippen MR) is 110 cm³/mol. The van der Waals surface area contributed by atoms with Crippen LogP contribution < -0.4 is 10.6 Å². The number of nitrogens with one attached hydrogen (secondary N) is 2. The summed E-state index contributed by atoms with van der Waals surface area (Å²) in [4.78, 5) is 5.38. The van der Waals surface area contributed by atoms with Crippen LogP contribution in [-0.4, -0.2) is 70.0 Å². The lowest BCUT2D eigenvalue weighted by Gasteiger charge is -2.19. The largest absolute Gasteiger partial charge is 0.401 e. The first-order chi connectivity index (χ1) is 11.9. The molecule has 1 rings (SSSR count). The fourth-order valence-electron chi connectivity index (χ4n) is 2.97. The fraction of sp³-hybridized carbons (Fsp3) is 0.941. The van der Waals surface area contributed by atoms with E-state index < -0.39 is 12.7 Å². The Morgan fingerprint density at radius 1 is 1.12 bits per heavy atom. The van der Waals surface area contributed by atoms with Gasteiger partial charge in [0.2, 0.25) is 0 Å². The first kappa shape index (κ1) is 25.7. The summed E-state index contributed by atoms with van der Waals surface area (Å²) in [5, 5.41) is 6.28. The van der Waals surface area contributed by atoms with Gasteiger partial charge in [-0.1, -0.05) is 25.7 Å². The molecule has 0 bridgehead atoms. The molecule has 5 nitrogen and oxygen atoms in total. The van der Waals surface area contributed by atoms with Gasteiger partial charge in [0.15, 0.2) is 5.96 Å². The lowest BCUT2D eigenvalue weighted by molar-refractivity contribution is -0.143. The standard InChI is InChI=1S/C17H33F3N4O.HI/c1-21-16(22-10-7-12-24(2)14-17(18,19)20)23-11-13-25-15-8-5-3-4-6-9-15;/h15H,3-14H2,1-2H3,(H2,21,22,23);1H. The Labute approximate surface area is 172 Å². The minimum Gasteiger partial charge on any atom is -0.376 e. The summed E-state index contributed by atoms with van der Waals surface area (Å²) in [6.07, 6.45) is 4.29. The molecular weight excluding hydrogens is 460 g/mol. The van der Waals surface area contributed by atoms with Crippen molar-refractivity contribution >= 4 is 29.9 Å². The highest BCUT2D eigenvalue weighted by molar-refractivity contribution is 14.0. The number of alkyl halides is 3. The molecule has 1 fully saturated rings. The molecular formula is C17H34F3IN4O. The van der Waals surface area contributed by atoms with Crippen LogP contribution >= 0.6 is 24.0 Å². The highest BCUT2D eigenvalue weighted by Crippen LogP contribution is 2.19.